The van der Waals surface area contributed by atoms with Crippen molar-refractivity contribution < 1.29 is 19.1 Å². The van der Waals surface area contributed by atoms with E-state index in [2.05, 4.69) is 47.2 Å². The lowest BCUT2D eigenvalue weighted by Gasteiger charge is -2.33. The number of anilines is 2. The number of piperidine rings is 1. The van der Waals surface area contributed by atoms with Crippen LogP contribution in [0.1, 0.15) is 88.9 Å². The van der Waals surface area contributed by atoms with Crippen LogP contribution in [0.2, 0.25) is 0 Å². The summed E-state index contributed by atoms with van der Waals surface area (Å²) in [6.45, 7) is 7.48. The van der Waals surface area contributed by atoms with Crippen LogP contribution in [0.3, 0.4) is 0 Å². The number of amides is 2. The zero-order chi connectivity index (χ0) is 41.2. The number of aryl methyl sites for hydroxylation is 1. The number of hydrogen-bond donors (Lipinski definition) is 6. The second-order valence-electron chi connectivity index (χ2n) is 15.4. The number of carbonyl (C=O) groups is 3. The topological polar surface area (TPSA) is 237 Å². The predicted octanol–water partition coefficient (Wildman–Crippen LogP) is 2.11. The summed E-state index contributed by atoms with van der Waals surface area (Å²) in [5.41, 5.74) is 8.22. The Morgan fingerprint density at radius 2 is 1.63 bits per heavy atom. The minimum absolute atomic E-state index is 0.0332. The minimum atomic E-state index is -0.853. The average Bonchev–Trinajstić information content (AvgIpc) is 3.91. The number of fused-ring (bicyclic) bond motifs is 1. The highest BCUT2D eigenvalue weighted by atomic mass is 16.5. The molecule has 3 aromatic heterocycles. The van der Waals surface area contributed by atoms with Gasteiger partial charge in [-0.3, -0.25) is 19.1 Å². The summed E-state index contributed by atoms with van der Waals surface area (Å²) in [5, 5.41) is 34.3. The maximum absolute atomic E-state index is 13.1. The van der Waals surface area contributed by atoms with Crippen LogP contribution in [-0.4, -0.2) is 120 Å². The normalized spacial score (nSPS) is 15.6. The lowest BCUT2D eigenvalue weighted by molar-refractivity contribution is -0.144. The first-order valence-electron chi connectivity index (χ1n) is 21.3. The lowest BCUT2D eigenvalue weighted by atomic mass is 9.95. The molecule has 1 atom stereocenters. The van der Waals surface area contributed by atoms with Gasteiger partial charge < -0.3 is 42.0 Å². The molecule has 59 heavy (non-hydrogen) atoms. The van der Waals surface area contributed by atoms with E-state index in [1.54, 1.807) is 13.1 Å². The van der Waals surface area contributed by atoms with Gasteiger partial charge in [0.05, 0.1) is 43.6 Å². The van der Waals surface area contributed by atoms with Crippen LogP contribution in [0.25, 0.3) is 10.9 Å². The SMILES string of the molecule is CCOC(=O)Cn1cc(CNC(=O)C(N)CCC(=O)N2CCC(Nc3nc(NCc4cn(CCCNCCCNC5CCCCC5)nn4)nc4ccccc34)CC2)nn1. The fourth-order valence-electron chi connectivity index (χ4n) is 7.46. The van der Waals surface area contributed by atoms with Crippen molar-refractivity contribution in [2.45, 2.75) is 122 Å². The van der Waals surface area contributed by atoms with Crippen molar-refractivity contribution in [2.75, 3.05) is 50.0 Å². The first kappa shape index (κ1) is 43.3. The summed E-state index contributed by atoms with van der Waals surface area (Å²) in [4.78, 5) is 48.8. The summed E-state index contributed by atoms with van der Waals surface area (Å²) < 4.78 is 8.13. The number of ether oxygens (including phenoxy) is 1. The third kappa shape index (κ3) is 13.9. The molecule has 0 radical (unpaired) electrons. The van der Waals surface area contributed by atoms with E-state index in [1.165, 1.54) is 36.8 Å². The molecule has 19 nitrogen and oxygen atoms in total. The van der Waals surface area contributed by atoms with E-state index in [-0.39, 0.29) is 50.4 Å². The molecule has 1 aliphatic heterocycles. The molecule has 1 saturated carbocycles. The van der Waals surface area contributed by atoms with Crippen LogP contribution in [0, 0.1) is 0 Å². The van der Waals surface area contributed by atoms with Gasteiger partial charge in [0.25, 0.3) is 0 Å². The largest absolute Gasteiger partial charge is 0.465 e. The molecule has 6 rings (SSSR count). The van der Waals surface area contributed by atoms with Crippen molar-refractivity contribution in [3.63, 3.8) is 0 Å². The summed E-state index contributed by atoms with van der Waals surface area (Å²) in [5.74, 6) is 0.390. The number of benzene rings is 1. The number of rotatable bonds is 23. The van der Waals surface area contributed by atoms with Gasteiger partial charge in [-0.05, 0) is 83.6 Å². The van der Waals surface area contributed by atoms with Crippen LogP contribution in [0.5, 0.6) is 0 Å². The Morgan fingerprint density at radius 1 is 0.881 bits per heavy atom. The third-order valence-electron chi connectivity index (χ3n) is 10.7. The Hall–Kier alpha value is -5.27. The highest BCUT2D eigenvalue weighted by molar-refractivity contribution is 5.90. The summed E-state index contributed by atoms with van der Waals surface area (Å²) in [6.07, 6.45) is 14.3. The molecule has 1 unspecified atom stereocenters. The zero-order valence-electron chi connectivity index (χ0n) is 34.3. The van der Waals surface area contributed by atoms with E-state index < -0.39 is 12.0 Å². The van der Waals surface area contributed by atoms with Gasteiger partial charge in [0.1, 0.15) is 23.8 Å². The molecule has 4 aromatic rings. The van der Waals surface area contributed by atoms with Crippen molar-refractivity contribution in [2.24, 2.45) is 5.73 Å². The van der Waals surface area contributed by atoms with E-state index in [0.29, 0.717) is 31.3 Å². The summed E-state index contributed by atoms with van der Waals surface area (Å²) >= 11 is 0. The monoisotopic (exact) mass is 816 g/mol. The van der Waals surface area contributed by atoms with Gasteiger partial charge in [-0.2, -0.15) is 4.98 Å². The number of likely N-dealkylation sites (tertiary alicyclic amines) is 1. The smallest absolute Gasteiger partial charge is 0.327 e. The van der Waals surface area contributed by atoms with Gasteiger partial charge in [-0.1, -0.05) is 41.8 Å². The molecule has 1 aromatic carbocycles. The quantitative estimate of drug-likeness (QED) is 0.0465. The van der Waals surface area contributed by atoms with Gasteiger partial charge in [-0.25, -0.2) is 9.67 Å². The summed E-state index contributed by atoms with van der Waals surface area (Å²) in [7, 11) is 0. The lowest BCUT2D eigenvalue weighted by Crippen LogP contribution is -2.44. The minimum Gasteiger partial charge on any atom is -0.465 e. The van der Waals surface area contributed by atoms with Gasteiger partial charge in [0.15, 0.2) is 0 Å². The van der Waals surface area contributed by atoms with Gasteiger partial charge in [-0.15, -0.1) is 10.2 Å². The molecule has 19 heteroatoms. The van der Waals surface area contributed by atoms with E-state index in [4.69, 9.17) is 20.4 Å². The Kier molecular flexibility index (Phi) is 16.7. The molecule has 2 amide bonds. The first-order chi connectivity index (χ1) is 28.8. The van der Waals surface area contributed by atoms with E-state index in [0.717, 1.165) is 80.3 Å². The van der Waals surface area contributed by atoms with Crippen molar-refractivity contribution in [1.82, 2.24) is 60.8 Å². The van der Waals surface area contributed by atoms with Crippen LogP contribution in [0.15, 0.2) is 36.7 Å². The highest BCUT2D eigenvalue weighted by Crippen LogP contribution is 2.25. The molecule has 1 aliphatic carbocycles. The fraction of sp³-hybridized carbons (Fsp3) is 0.625. The standard InChI is InChI=1S/C40H61N15O4/c1-2-59-37(57)28-55-27-31(50-52-55)24-44-39(58)34(41)14-15-36(56)53-22-16-30(17-23-53)46-38-33-12-6-7-13-35(33)47-40(48-38)45-25-32-26-54(51-49-32)21-9-19-42-18-8-20-43-29-10-4-3-5-11-29/h6-7,12-13,26-27,29-30,34,42-43H,2-5,8-11,14-25,28,41H2,1H3,(H,44,58)(H2,45,46,47,48). The molecule has 1 saturated heterocycles. The second kappa shape index (κ2) is 22.8. The maximum atomic E-state index is 13.1. The van der Waals surface area contributed by atoms with E-state index >= 15 is 0 Å². The fourth-order valence-corrected chi connectivity index (χ4v) is 7.46. The van der Waals surface area contributed by atoms with Crippen LogP contribution >= 0.6 is 0 Å². The van der Waals surface area contributed by atoms with E-state index in [9.17, 15) is 14.4 Å². The Bertz CT molecular complexity index is 1920. The second-order valence-corrected chi connectivity index (χ2v) is 15.4. The number of nitrogens with one attached hydrogen (secondary N) is 5. The van der Waals surface area contributed by atoms with Crippen molar-refractivity contribution in [3.8, 4) is 0 Å². The first-order valence-corrected chi connectivity index (χ1v) is 21.3. The van der Waals surface area contributed by atoms with Crippen molar-refractivity contribution in [1.29, 1.82) is 0 Å². The number of hydrogen-bond acceptors (Lipinski definition) is 15. The molecule has 2 aliphatic rings. The number of nitrogens with two attached hydrogens (primary N) is 1. The predicted molar refractivity (Wildman–Crippen MR) is 223 cm³/mol. The third-order valence-corrected chi connectivity index (χ3v) is 10.7. The molecule has 320 valence electrons. The number of para-hydroxylation sites is 1. The number of nitrogens with zero attached hydrogens (tertiary/aromatic N) is 9. The molecular formula is C40H61N15O4. The Morgan fingerprint density at radius 3 is 2.44 bits per heavy atom. The Balaban J connectivity index is 0.881. The van der Waals surface area contributed by atoms with Gasteiger partial charge >= 0.3 is 5.97 Å². The maximum Gasteiger partial charge on any atom is 0.327 e. The molecular weight excluding hydrogens is 755 g/mol. The zero-order valence-corrected chi connectivity index (χ0v) is 34.3. The van der Waals surface area contributed by atoms with E-state index in [1.807, 2.05) is 40.0 Å². The highest BCUT2D eigenvalue weighted by Gasteiger charge is 2.25. The molecule has 4 heterocycles. The molecule has 2 fully saturated rings. The van der Waals surface area contributed by atoms with Gasteiger partial charge in [0.2, 0.25) is 17.8 Å². The average molecular weight is 816 g/mol. The van der Waals surface area contributed by atoms with Crippen molar-refractivity contribution >= 4 is 40.5 Å². The van der Waals surface area contributed by atoms with Crippen molar-refractivity contribution in [3.05, 3.63) is 48.0 Å². The molecule has 0 spiro atoms. The summed E-state index contributed by atoms with van der Waals surface area (Å²) in [6, 6.07) is 7.88. The van der Waals surface area contributed by atoms with Crippen LogP contribution < -0.4 is 32.3 Å². The van der Waals surface area contributed by atoms with Gasteiger partial charge in [0, 0.05) is 43.5 Å². The van der Waals surface area contributed by atoms with Crippen LogP contribution in [-0.2, 0) is 45.3 Å². The Labute approximate surface area is 345 Å². The molecule has 0 bridgehead atoms. The van der Waals surface area contributed by atoms with Crippen LogP contribution in [0.4, 0.5) is 11.8 Å². The molecule has 7 N–H and O–H groups in total. The number of aromatic nitrogens is 8. The number of esters is 1. The number of carbonyl (C=O) groups excluding carboxylic acids is 3.